The average molecular weight is 294 g/mol. The average Bonchev–Trinajstić information content (AvgIpc) is 2.55. The Morgan fingerprint density at radius 2 is 1.73 bits per heavy atom. The molecule has 114 valence electrons. The molecule has 0 fully saturated rings. The molecule has 0 aromatic heterocycles. The van der Waals surface area contributed by atoms with Gasteiger partial charge in [-0.2, -0.15) is 0 Å². The second kappa shape index (κ2) is 6.75. The van der Waals surface area contributed by atoms with Crippen molar-refractivity contribution >= 4 is 5.91 Å². The number of aryl methyl sites for hydroxylation is 1. The second-order valence-corrected chi connectivity index (χ2v) is 5.95. The molecule has 2 aromatic rings. The van der Waals surface area contributed by atoms with Gasteiger partial charge in [0, 0.05) is 6.54 Å². The minimum Gasteiger partial charge on any atom is -0.368 e. The number of nitrogens with two attached hydrogens (primary N) is 1. The van der Waals surface area contributed by atoms with Crippen LogP contribution in [0.4, 0.5) is 0 Å². The zero-order valence-electron chi connectivity index (χ0n) is 12.7. The highest BCUT2D eigenvalue weighted by Crippen LogP contribution is 2.23. The molecule has 2 N–H and O–H groups in total. The molecule has 0 aliphatic carbocycles. The van der Waals surface area contributed by atoms with E-state index in [9.17, 15) is 4.79 Å². The molecule has 0 saturated heterocycles. The molecule has 3 heteroatoms. The molecule has 0 spiro atoms. The Balaban J connectivity index is 1.65. The van der Waals surface area contributed by atoms with Crippen molar-refractivity contribution in [3.63, 3.8) is 0 Å². The van der Waals surface area contributed by atoms with E-state index in [2.05, 4.69) is 47.4 Å². The summed E-state index contributed by atoms with van der Waals surface area (Å²) in [5.41, 5.74) is 9.53. The number of hydrogen-bond acceptors (Lipinski definition) is 2. The van der Waals surface area contributed by atoms with Crippen molar-refractivity contribution in [2.75, 3.05) is 6.54 Å². The fraction of sp³-hybridized carbons (Fsp3) is 0.316. The van der Waals surface area contributed by atoms with Crippen molar-refractivity contribution in [3.8, 4) is 0 Å². The first-order chi connectivity index (χ1) is 10.7. The van der Waals surface area contributed by atoms with Crippen LogP contribution >= 0.6 is 0 Å². The lowest BCUT2D eigenvalue weighted by molar-refractivity contribution is -0.123. The summed E-state index contributed by atoms with van der Waals surface area (Å²) < 4.78 is 0. The first-order valence-corrected chi connectivity index (χ1v) is 7.88. The number of hydrogen-bond donors (Lipinski definition) is 1. The van der Waals surface area contributed by atoms with E-state index in [0.717, 1.165) is 32.4 Å². The number of fused-ring (bicyclic) bond motifs is 1. The molecule has 2 aromatic carbocycles. The Hall–Kier alpha value is -2.13. The number of benzene rings is 2. The molecule has 0 radical (unpaired) electrons. The van der Waals surface area contributed by atoms with Crippen molar-refractivity contribution in [3.05, 3.63) is 71.3 Å². The van der Waals surface area contributed by atoms with E-state index in [0.29, 0.717) is 0 Å². The Kier molecular flexibility index (Phi) is 4.54. The summed E-state index contributed by atoms with van der Waals surface area (Å²) in [6.45, 7) is 1.72. The van der Waals surface area contributed by atoms with Gasteiger partial charge in [-0.1, -0.05) is 54.6 Å². The number of carbonyl (C=O) groups is 1. The molecule has 1 aliphatic heterocycles. The van der Waals surface area contributed by atoms with Crippen LogP contribution in [0.25, 0.3) is 0 Å². The number of rotatable bonds is 5. The van der Waals surface area contributed by atoms with Gasteiger partial charge in [-0.25, -0.2) is 0 Å². The van der Waals surface area contributed by atoms with Crippen LogP contribution in [-0.4, -0.2) is 23.4 Å². The molecule has 1 aliphatic rings. The van der Waals surface area contributed by atoms with Gasteiger partial charge < -0.3 is 5.73 Å². The van der Waals surface area contributed by atoms with E-state index in [1.54, 1.807) is 0 Å². The Labute approximate surface area is 131 Å². The van der Waals surface area contributed by atoms with E-state index >= 15 is 0 Å². The minimum atomic E-state index is -0.214. The quantitative estimate of drug-likeness (QED) is 0.921. The SMILES string of the molecule is NC(=O)[C@@H]1Cc2ccccc2CN1CCCc1ccccc1. The van der Waals surface area contributed by atoms with Crippen LogP contribution in [0.15, 0.2) is 54.6 Å². The van der Waals surface area contributed by atoms with Gasteiger partial charge >= 0.3 is 0 Å². The van der Waals surface area contributed by atoms with Gasteiger partial charge in [0.25, 0.3) is 0 Å². The standard InChI is InChI=1S/C19H22N2O/c20-19(22)18-13-16-10-4-5-11-17(16)14-21(18)12-6-9-15-7-2-1-3-8-15/h1-5,7-8,10-11,18H,6,9,12-14H2,(H2,20,22)/t18-/m0/s1. The summed E-state index contributed by atoms with van der Waals surface area (Å²) in [7, 11) is 0. The van der Waals surface area contributed by atoms with Crippen molar-refractivity contribution in [1.29, 1.82) is 0 Å². The maximum absolute atomic E-state index is 11.8. The number of amides is 1. The Morgan fingerprint density at radius 1 is 1.05 bits per heavy atom. The van der Waals surface area contributed by atoms with Gasteiger partial charge in [-0.3, -0.25) is 9.69 Å². The fourth-order valence-electron chi connectivity index (χ4n) is 3.22. The molecule has 0 saturated carbocycles. The van der Waals surface area contributed by atoms with E-state index < -0.39 is 0 Å². The van der Waals surface area contributed by atoms with Crippen LogP contribution in [0, 0.1) is 0 Å². The predicted molar refractivity (Wildman–Crippen MR) is 88.3 cm³/mol. The third-order valence-corrected chi connectivity index (χ3v) is 4.43. The monoisotopic (exact) mass is 294 g/mol. The summed E-state index contributed by atoms with van der Waals surface area (Å²) in [5.74, 6) is -0.214. The van der Waals surface area contributed by atoms with Crippen LogP contribution in [-0.2, 0) is 24.2 Å². The zero-order valence-corrected chi connectivity index (χ0v) is 12.7. The van der Waals surface area contributed by atoms with E-state index in [1.165, 1.54) is 16.7 Å². The van der Waals surface area contributed by atoms with Crippen LogP contribution < -0.4 is 5.73 Å². The van der Waals surface area contributed by atoms with Crippen LogP contribution in [0.2, 0.25) is 0 Å². The second-order valence-electron chi connectivity index (χ2n) is 5.95. The smallest absolute Gasteiger partial charge is 0.235 e. The maximum atomic E-state index is 11.8. The van der Waals surface area contributed by atoms with E-state index in [1.807, 2.05) is 12.1 Å². The van der Waals surface area contributed by atoms with Gasteiger partial charge in [-0.05, 0) is 42.5 Å². The molecule has 22 heavy (non-hydrogen) atoms. The molecule has 1 heterocycles. The van der Waals surface area contributed by atoms with Crippen molar-refractivity contribution < 1.29 is 4.79 Å². The molecule has 0 bridgehead atoms. The first-order valence-electron chi connectivity index (χ1n) is 7.88. The molecule has 1 amide bonds. The van der Waals surface area contributed by atoms with Gasteiger partial charge in [-0.15, -0.1) is 0 Å². The molecule has 3 nitrogen and oxygen atoms in total. The summed E-state index contributed by atoms with van der Waals surface area (Å²) in [5, 5.41) is 0. The molecule has 1 atom stereocenters. The Bertz CT molecular complexity index is 639. The van der Waals surface area contributed by atoms with Crippen LogP contribution in [0.3, 0.4) is 0 Å². The van der Waals surface area contributed by atoms with Gasteiger partial charge in [0.15, 0.2) is 0 Å². The van der Waals surface area contributed by atoms with E-state index in [-0.39, 0.29) is 11.9 Å². The fourth-order valence-corrected chi connectivity index (χ4v) is 3.22. The number of carbonyl (C=O) groups excluding carboxylic acids is 1. The van der Waals surface area contributed by atoms with Crippen molar-refractivity contribution in [2.45, 2.75) is 31.8 Å². The van der Waals surface area contributed by atoms with Gasteiger partial charge in [0.1, 0.15) is 0 Å². The molecular formula is C19H22N2O. The first kappa shape index (κ1) is 14.8. The lowest BCUT2D eigenvalue weighted by Gasteiger charge is -2.35. The highest BCUT2D eigenvalue weighted by atomic mass is 16.1. The highest BCUT2D eigenvalue weighted by molar-refractivity contribution is 5.80. The number of nitrogens with zero attached hydrogens (tertiary/aromatic N) is 1. The van der Waals surface area contributed by atoms with Crippen LogP contribution in [0.5, 0.6) is 0 Å². The third-order valence-electron chi connectivity index (χ3n) is 4.43. The zero-order chi connectivity index (χ0) is 15.4. The lowest BCUT2D eigenvalue weighted by atomic mass is 9.93. The van der Waals surface area contributed by atoms with E-state index in [4.69, 9.17) is 5.73 Å². The minimum absolute atomic E-state index is 0.175. The largest absolute Gasteiger partial charge is 0.368 e. The maximum Gasteiger partial charge on any atom is 0.235 e. The topological polar surface area (TPSA) is 46.3 Å². The van der Waals surface area contributed by atoms with Crippen molar-refractivity contribution in [1.82, 2.24) is 4.90 Å². The van der Waals surface area contributed by atoms with Crippen molar-refractivity contribution in [2.24, 2.45) is 5.73 Å². The Morgan fingerprint density at radius 3 is 2.45 bits per heavy atom. The lowest BCUT2D eigenvalue weighted by Crippen LogP contribution is -2.48. The van der Waals surface area contributed by atoms with Crippen LogP contribution in [0.1, 0.15) is 23.1 Å². The summed E-state index contributed by atoms with van der Waals surface area (Å²) in [6.07, 6.45) is 2.80. The molecule has 0 unspecified atom stereocenters. The summed E-state index contributed by atoms with van der Waals surface area (Å²) >= 11 is 0. The summed E-state index contributed by atoms with van der Waals surface area (Å²) in [4.78, 5) is 14.0. The summed E-state index contributed by atoms with van der Waals surface area (Å²) in [6, 6.07) is 18.6. The normalized spacial score (nSPS) is 17.9. The third kappa shape index (κ3) is 3.37. The number of primary amides is 1. The molecular weight excluding hydrogens is 272 g/mol. The van der Waals surface area contributed by atoms with Gasteiger partial charge in [0.2, 0.25) is 5.91 Å². The predicted octanol–water partition coefficient (Wildman–Crippen LogP) is 2.53. The highest BCUT2D eigenvalue weighted by Gasteiger charge is 2.29. The van der Waals surface area contributed by atoms with Gasteiger partial charge in [0.05, 0.1) is 6.04 Å². The molecule has 3 rings (SSSR count).